The molecule has 0 aromatic heterocycles. The van der Waals surface area contributed by atoms with Gasteiger partial charge in [0.2, 0.25) is 0 Å². The molecule has 5 heteroatoms. The molecule has 1 aliphatic heterocycles. The van der Waals surface area contributed by atoms with Crippen LogP contribution in [0.15, 0.2) is 0 Å². The zero-order valence-corrected chi connectivity index (χ0v) is 8.25. The monoisotopic (exact) mass is 208 g/mol. The largest absolute Gasteiger partial charge is 0.395 e. The molecule has 0 saturated carbocycles. The lowest BCUT2D eigenvalue weighted by atomic mass is 10.1. The van der Waals surface area contributed by atoms with Crippen LogP contribution in [0.1, 0.15) is 12.8 Å². The summed E-state index contributed by atoms with van der Waals surface area (Å²) in [6, 6.07) is 0.157. The third-order valence-corrected chi connectivity index (χ3v) is 2.55. The van der Waals surface area contributed by atoms with E-state index in [0.717, 1.165) is 25.9 Å². The Labute approximate surface area is 83.1 Å². The van der Waals surface area contributed by atoms with Gasteiger partial charge in [-0.15, -0.1) is 0 Å². The first-order chi connectivity index (χ1) is 6.74. The van der Waals surface area contributed by atoms with Crippen LogP contribution in [0.2, 0.25) is 0 Å². The Morgan fingerprint density at radius 1 is 1.50 bits per heavy atom. The number of nitrogens with one attached hydrogen (secondary N) is 1. The van der Waals surface area contributed by atoms with Gasteiger partial charge >= 0.3 is 0 Å². The van der Waals surface area contributed by atoms with Crippen molar-refractivity contribution in [2.24, 2.45) is 0 Å². The molecule has 0 spiro atoms. The number of alkyl halides is 2. The molecule has 1 unspecified atom stereocenters. The van der Waals surface area contributed by atoms with Crippen LogP contribution >= 0.6 is 0 Å². The van der Waals surface area contributed by atoms with Crippen LogP contribution in [-0.4, -0.2) is 55.3 Å². The van der Waals surface area contributed by atoms with Crippen molar-refractivity contribution in [3.05, 3.63) is 0 Å². The molecule has 1 saturated heterocycles. The Balaban J connectivity index is 2.38. The first-order valence-electron chi connectivity index (χ1n) is 5.08. The molecule has 1 aliphatic rings. The maximum Gasteiger partial charge on any atom is 0.251 e. The van der Waals surface area contributed by atoms with E-state index in [9.17, 15) is 8.78 Å². The van der Waals surface area contributed by atoms with E-state index in [1.807, 2.05) is 0 Å². The molecule has 0 aliphatic carbocycles. The number of hydrogen-bond donors (Lipinski definition) is 2. The summed E-state index contributed by atoms with van der Waals surface area (Å²) >= 11 is 0. The van der Waals surface area contributed by atoms with Crippen LogP contribution in [0, 0.1) is 0 Å². The Bertz CT molecular complexity index is 152. The van der Waals surface area contributed by atoms with E-state index in [4.69, 9.17) is 5.11 Å². The highest BCUT2D eigenvalue weighted by Gasteiger charge is 2.22. The maximum atomic E-state index is 12.2. The van der Waals surface area contributed by atoms with Crippen LogP contribution in [0.25, 0.3) is 0 Å². The number of aliphatic hydroxyl groups is 1. The zero-order chi connectivity index (χ0) is 10.4. The summed E-state index contributed by atoms with van der Waals surface area (Å²) in [6.45, 7) is 1.79. The quantitative estimate of drug-likeness (QED) is 0.682. The van der Waals surface area contributed by atoms with Gasteiger partial charge < -0.3 is 10.4 Å². The van der Waals surface area contributed by atoms with E-state index in [0.29, 0.717) is 6.54 Å². The minimum Gasteiger partial charge on any atom is -0.395 e. The molecular formula is C9H18F2N2O. The summed E-state index contributed by atoms with van der Waals surface area (Å²) in [4.78, 5) is 1.68. The van der Waals surface area contributed by atoms with Gasteiger partial charge in [-0.2, -0.15) is 0 Å². The van der Waals surface area contributed by atoms with Gasteiger partial charge in [-0.05, 0) is 19.4 Å². The van der Waals surface area contributed by atoms with Gasteiger partial charge in [0.15, 0.2) is 0 Å². The fourth-order valence-electron chi connectivity index (χ4n) is 1.87. The van der Waals surface area contributed by atoms with E-state index >= 15 is 0 Å². The number of nitrogens with zero attached hydrogens (tertiary/aromatic N) is 1. The third-order valence-electron chi connectivity index (χ3n) is 2.55. The lowest BCUT2D eigenvalue weighted by Gasteiger charge is -2.33. The molecule has 0 amide bonds. The number of hydrogen-bond acceptors (Lipinski definition) is 3. The molecule has 3 nitrogen and oxygen atoms in total. The molecule has 0 radical (unpaired) electrons. The van der Waals surface area contributed by atoms with Crippen molar-refractivity contribution in [2.75, 3.05) is 32.8 Å². The molecule has 2 N–H and O–H groups in total. The second-order valence-corrected chi connectivity index (χ2v) is 3.61. The SMILES string of the molecule is OCCN(CC(F)F)C1CCCNC1. The first-order valence-corrected chi connectivity index (χ1v) is 5.08. The van der Waals surface area contributed by atoms with Crippen molar-refractivity contribution >= 4 is 0 Å². The van der Waals surface area contributed by atoms with Crippen LogP contribution in [0.5, 0.6) is 0 Å². The molecule has 0 bridgehead atoms. The second kappa shape index (κ2) is 6.27. The topological polar surface area (TPSA) is 35.5 Å². The van der Waals surface area contributed by atoms with E-state index in [-0.39, 0.29) is 19.2 Å². The standard InChI is InChI=1S/C9H18F2N2O/c10-9(11)7-13(4-5-14)8-2-1-3-12-6-8/h8-9,12,14H,1-7H2. The van der Waals surface area contributed by atoms with Crippen LogP contribution in [-0.2, 0) is 0 Å². The minimum absolute atomic E-state index is 0.0524. The highest BCUT2D eigenvalue weighted by molar-refractivity contribution is 4.78. The molecular weight excluding hydrogens is 190 g/mol. The fourth-order valence-corrected chi connectivity index (χ4v) is 1.87. The van der Waals surface area contributed by atoms with Crippen molar-refractivity contribution in [2.45, 2.75) is 25.3 Å². The summed E-state index contributed by atoms with van der Waals surface area (Å²) in [5, 5.41) is 12.0. The molecule has 14 heavy (non-hydrogen) atoms. The highest BCUT2D eigenvalue weighted by atomic mass is 19.3. The molecule has 0 aromatic rings. The smallest absolute Gasteiger partial charge is 0.251 e. The fraction of sp³-hybridized carbons (Fsp3) is 1.00. The number of halogens is 2. The van der Waals surface area contributed by atoms with Gasteiger partial charge in [-0.1, -0.05) is 0 Å². The predicted molar refractivity (Wildman–Crippen MR) is 50.6 cm³/mol. The Hall–Kier alpha value is -0.260. The number of aliphatic hydroxyl groups excluding tert-OH is 1. The van der Waals surface area contributed by atoms with Crippen molar-refractivity contribution in [1.29, 1.82) is 0 Å². The van der Waals surface area contributed by atoms with E-state index in [1.54, 1.807) is 4.90 Å². The Morgan fingerprint density at radius 2 is 2.29 bits per heavy atom. The third kappa shape index (κ3) is 3.86. The van der Waals surface area contributed by atoms with Gasteiger partial charge in [-0.3, -0.25) is 4.90 Å². The molecule has 1 atom stereocenters. The predicted octanol–water partition coefficient (Wildman–Crippen LogP) is 0.298. The lowest BCUT2D eigenvalue weighted by molar-refractivity contribution is 0.0478. The highest BCUT2D eigenvalue weighted by Crippen LogP contribution is 2.11. The number of piperidine rings is 1. The van der Waals surface area contributed by atoms with E-state index in [2.05, 4.69) is 5.32 Å². The van der Waals surface area contributed by atoms with Crippen molar-refractivity contribution in [3.8, 4) is 0 Å². The van der Waals surface area contributed by atoms with Crippen LogP contribution < -0.4 is 5.32 Å². The Kier molecular flexibility index (Phi) is 5.29. The Morgan fingerprint density at radius 3 is 2.79 bits per heavy atom. The summed E-state index contributed by atoms with van der Waals surface area (Å²) in [5.74, 6) is 0. The van der Waals surface area contributed by atoms with Gasteiger partial charge in [-0.25, -0.2) is 8.78 Å². The zero-order valence-electron chi connectivity index (χ0n) is 8.25. The second-order valence-electron chi connectivity index (χ2n) is 3.61. The van der Waals surface area contributed by atoms with E-state index < -0.39 is 6.43 Å². The summed E-state index contributed by atoms with van der Waals surface area (Å²) in [5.41, 5.74) is 0. The molecule has 1 rings (SSSR count). The number of rotatable bonds is 5. The van der Waals surface area contributed by atoms with Crippen LogP contribution in [0.4, 0.5) is 8.78 Å². The average Bonchev–Trinajstić information content (AvgIpc) is 2.18. The van der Waals surface area contributed by atoms with Gasteiger partial charge in [0.05, 0.1) is 13.2 Å². The van der Waals surface area contributed by atoms with Crippen molar-refractivity contribution in [3.63, 3.8) is 0 Å². The molecule has 0 aromatic carbocycles. The van der Waals surface area contributed by atoms with Gasteiger partial charge in [0, 0.05) is 19.1 Å². The van der Waals surface area contributed by atoms with Gasteiger partial charge in [0.25, 0.3) is 6.43 Å². The molecule has 84 valence electrons. The maximum absolute atomic E-state index is 12.2. The van der Waals surface area contributed by atoms with Gasteiger partial charge in [0.1, 0.15) is 0 Å². The van der Waals surface area contributed by atoms with Crippen molar-refractivity contribution < 1.29 is 13.9 Å². The average molecular weight is 208 g/mol. The van der Waals surface area contributed by atoms with Crippen molar-refractivity contribution in [1.82, 2.24) is 10.2 Å². The summed E-state index contributed by atoms with van der Waals surface area (Å²) < 4.78 is 24.4. The normalized spacial score (nSPS) is 23.4. The minimum atomic E-state index is -2.32. The first kappa shape index (κ1) is 11.8. The van der Waals surface area contributed by atoms with E-state index in [1.165, 1.54) is 0 Å². The lowest BCUT2D eigenvalue weighted by Crippen LogP contribution is -2.48. The molecule has 1 fully saturated rings. The van der Waals surface area contributed by atoms with Crippen LogP contribution in [0.3, 0.4) is 0 Å². The molecule has 1 heterocycles. The summed E-state index contributed by atoms with van der Waals surface area (Å²) in [7, 11) is 0. The summed E-state index contributed by atoms with van der Waals surface area (Å²) in [6.07, 6.45) is -0.348.